The second-order valence-electron chi connectivity index (χ2n) is 3.57. The van der Waals surface area contributed by atoms with Crippen LogP contribution in [0.4, 0.5) is 0 Å². The first kappa shape index (κ1) is 11.2. The Hall–Kier alpha value is -2.29. The number of aldehydes is 1. The molecule has 0 atom stereocenters. The molecular formula is C14H12N2O. The van der Waals surface area contributed by atoms with Crippen LogP contribution in [0.25, 0.3) is 11.1 Å². The van der Waals surface area contributed by atoms with E-state index in [4.69, 9.17) is 0 Å². The third-order valence-corrected chi connectivity index (χ3v) is 2.43. The smallest absolute Gasteiger partial charge is 0.169 e. The number of rotatable bonds is 3. The van der Waals surface area contributed by atoms with Crippen molar-refractivity contribution in [2.24, 2.45) is 4.99 Å². The number of nitrogens with zero attached hydrogens (tertiary/aromatic N) is 2. The molecule has 3 heteroatoms. The molecule has 1 heterocycles. The monoisotopic (exact) mass is 224 g/mol. The van der Waals surface area contributed by atoms with Crippen molar-refractivity contribution < 1.29 is 4.79 Å². The van der Waals surface area contributed by atoms with E-state index in [-0.39, 0.29) is 0 Å². The second-order valence-corrected chi connectivity index (χ2v) is 3.57. The highest BCUT2D eigenvalue weighted by atomic mass is 16.1. The molecule has 0 aliphatic heterocycles. The molecule has 0 radical (unpaired) electrons. The zero-order valence-corrected chi connectivity index (χ0v) is 9.50. The Kier molecular flexibility index (Phi) is 3.40. The van der Waals surface area contributed by atoms with Crippen molar-refractivity contribution in [3.63, 3.8) is 0 Å². The Morgan fingerprint density at radius 3 is 2.88 bits per heavy atom. The van der Waals surface area contributed by atoms with Crippen LogP contribution in [0.3, 0.4) is 0 Å². The lowest BCUT2D eigenvalue weighted by Crippen LogP contribution is -1.92. The lowest BCUT2D eigenvalue weighted by Gasteiger charge is -2.04. The fourth-order valence-electron chi connectivity index (χ4n) is 1.69. The van der Waals surface area contributed by atoms with Crippen molar-refractivity contribution >= 4 is 12.5 Å². The van der Waals surface area contributed by atoms with Crippen molar-refractivity contribution in [2.45, 2.75) is 0 Å². The summed E-state index contributed by atoms with van der Waals surface area (Å²) in [5.41, 5.74) is 3.27. The SMILES string of the molecule is CN=Cc1cccc(-c2cccnc2C=O)c1. The molecule has 84 valence electrons. The number of aliphatic imine (C=N–C) groups is 1. The molecule has 0 saturated heterocycles. The van der Waals surface area contributed by atoms with Crippen LogP contribution in [0.5, 0.6) is 0 Å². The maximum Gasteiger partial charge on any atom is 0.169 e. The molecule has 1 aromatic heterocycles. The number of carbonyl (C=O) groups is 1. The molecule has 1 aromatic carbocycles. The van der Waals surface area contributed by atoms with Gasteiger partial charge in [-0.25, -0.2) is 0 Å². The molecule has 0 N–H and O–H groups in total. The van der Waals surface area contributed by atoms with E-state index < -0.39 is 0 Å². The fraction of sp³-hybridized carbons (Fsp3) is 0.0714. The van der Waals surface area contributed by atoms with E-state index in [0.29, 0.717) is 5.69 Å². The third-order valence-electron chi connectivity index (χ3n) is 2.43. The summed E-state index contributed by atoms with van der Waals surface area (Å²) in [6, 6.07) is 11.6. The van der Waals surface area contributed by atoms with Gasteiger partial charge >= 0.3 is 0 Å². The zero-order valence-electron chi connectivity index (χ0n) is 9.50. The molecule has 2 aromatic rings. The standard InChI is InChI=1S/C14H12N2O/c1-15-9-11-4-2-5-12(8-11)13-6-3-7-16-14(13)10-17/h2-10H,1H3. The van der Waals surface area contributed by atoms with Crippen LogP contribution in [0.15, 0.2) is 47.6 Å². The lowest BCUT2D eigenvalue weighted by atomic mass is 10.0. The van der Waals surface area contributed by atoms with Gasteiger partial charge in [-0.15, -0.1) is 0 Å². The van der Waals surface area contributed by atoms with E-state index in [1.54, 1.807) is 19.5 Å². The lowest BCUT2D eigenvalue weighted by molar-refractivity contribution is 0.111. The first-order chi connectivity index (χ1) is 8.35. The van der Waals surface area contributed by atoms with Crippen LogP contribution in [-0.4, -0.2) is 24.5 Å². The number of hydrogen-bond acceptors (Lipinski definition) is 3. The van der Waals surface area contributed by atoms with E-state index in [1.165, 1.54) is 0 Å². The van der Waals surface area contributed by atoms with Gasteiger partial charge in [-0.05, 0) is 23.3 Å². The van der Waals surface area contributed by atoms with Gasteiger partial charge in [0.15, 0.2) is 6.29 Å². The Bertz CT molecular complexity index is 562. The fourth-order valence-corrected chi connectivity index (χ4v) is 1.69. The summed E-state index contributed by atoms with van der Waals surface area (Å²) in [5, 5.41) is 0. The Labute approximate surface area is 99.9 Å². The average molecular weight is 224 g/mol. The van der Waals surface area contributed by atoms with E-state index in [1.807, 2.05) is 36.4 Å². The van der Waals surface area contributed by atoms with Gasteiger partial charge in [0.05, 0.1) is 0 Å². The minimum Gasteiger partial charge on any atom is -0.296 e. The molecule has 3 nitrogen and oxygen atoms in total. The van der Waals surface area contributed by atoms with Crippen LogP contribution in [-0.2, 0) is 0 Å². The molecule has 0 fully saturated rings. The van der Waals surface area contributed by atoms with Gasteiger partial charge in [-0.2, -0.15) is 0 Å². The summed E-state index contributed by atoms with van der Waals surface area (Å²) >= 11 is 0. The van der Waals surface area contributed by atoms with Crippen molar-refractivity contribution in [3.05, 3.63) is 53.9 Å². The first-order valence-electron chi connectivity index (χ1n) is 5.28. The third kappa shape index (κ3) is 2.45. The van der Waals surface area contributed by atoms with Crippen molar-refractivity contribution in [3.8, 4) is 11.1 Å². The van der Waals surface area contributed by atoms with Gasteiger partial charge in [0.25, 0.3) is 0 Å². The summed E-state index contributed by atoms with van der Waals surface area (Å²) in [6.07, 6.45) is 4.17. The molecular weight excluding hydrogens is 212 g/mol. The van der Waals surface area contributed by atoms with Gasteiger partial charge in [-0.1, -0.05) is 24.3 Å². The average Bonchev–Trinajstić information content (AvgIpc) is 2.39. The van der Waals surface area contributed by atoms with Crippen molar-refractivity contribution in [2.75, 3.05) is 7.05 Å². The summed E-state index contributed by atoms with van der Waals surface area (Å²) in [6.45, 7) is 0. The number of benzene rings is 1. The predicted octanol–water partition coefficient (Wildman–Crippen LogP) is 2.61. The Morgan fingerprint density at radius 2 is 2.12 bits per heavy atom. The number of pyridine rings is 1. The molecule has 0 saturated carbocycles. The Balaban J connectivity index is 2.52. The largest absolute Gasteiger partial charge is 0.296 e. The summed E-state index contributed by atoms with van der Waals surface area (Å²) < 4.78 is 0. The van der Waals surface area contributed by atoms with Gasteiger partial charge in [0.2, 0.25) is 0 Å². The summed E-state index contributed by atoms with van der Waals surface area (Å²) in [4.78, 5) is 18.9. The summed E-state index contributed by atoms with van der Waals surface area (Å²) in [5.74, 6) is 0. The predicted molar refractivity (Wildman–Crippen MR) is 68.6 cm³/mol. The molecule has 0 spiro atoms. The van der Waals surface area contributed by atoms with Crippen molar-refractivity contribution in [1.82, 2.24) is 4.98 Å². The van der Waals surface area contributed by atoms with Gasteiger partial charge in [0.1, 0.15) is 5.69 Å². The van der Waals surface area contributed by atoms with E-state index >= 15 is 0 Å². The number of carbonyl (C=O) groups excluding carboxylic acids is 1. The topological polar surface area (TPSA) is 42.3 Å². The molecule has 0 aliphatic rings. The summed E-state index contributed by atoms with van der Waals surface area (Å²) in [7, 11) is 1.73. The minimum absolute atomic E-state index is 0.457. The Morgan fingerprint density at radius 1 is 1.24 bits per heavy atom. The van der Waals surface area contributed by atoms with Crippen molar-refractivity contribution in [1.29, 1.82) is 0 Å². The molecule has 0 amide bonds. The maximum atomic E-state index is 10.9. The van der Waals surface area contributed by atoms with E-state index in [2.05, 4.69) is 9.98 Å². The molecule has 0 bridgehead atoms. The molecule has 17 heavy (non-hydrogen) atoms. The van der Waals surface area contributed by atoms with Crippen LogP contribution >= 0.6 is 0 Å². The molecule has 2 rings (SSSR count). The van der Waals surface area contributed by atoms with E-state index in [9.17, 15) is 4.79 Å². The molecule has 0 aliphatic carbocycles. The quantitative estimate of drug-likeness (QED) is 0.594. The highest BCUT2D eigenvalue weighted by molar-refractivity contribution is 5.87. The van der Waals surface area contributed by atoms with Gasteiger partial charge in [0, 0.05) is 25.0 Å². The van der Waals surface area contributed by atoms with Crippen LogP contribution in [0.1, 0.15) is 16.1 Å². The highest BCUT2D eigenvalue weighted by Crippen LogP contribution is 2.21. The number of hydrogen-bond donors (Lipinski definition) is 0. The molecule has 0 unspecified atom stereocenters. The van der Waals surface area contributed by atoms with Gasteiger partial charge < -0.3 is 0 Å². The first-order valence-corrected chi connectivity index (χ1v) is 5.28. The van der Waals surface area contributed by atoms with Crippen LogP contribution in [0.2, 0.25) is 0 Å². The number of aromatic nitrogens is 1. The van der Waals surface area contributed by atoms with Crippen LogP contribution < -0.4 is 0 Å². The minimum atomic E-state index is 0.457. The zero-order chi connectivity index (χ0) is 12.1. The second kappa shape index (κ2) is 5.16. The normalized spacial score (nSPS) is 10.6. The maximum absolute atomic E-state index is 10.9. The van der Waals surface area contributed by atoms with E-state index in [0.717, 1.165) is 23.0 Å². The van der Waals surface area contributed by atoms with Gasteiger partial charge in [-0.3, -0.25) is 14.8 Å². The highest BCUT2D eigenvalue weighted by Gasteiger charge is 2.04. The van der Waals surface area contributed by atoms with Crippen LogP contribution in [0, 0.1) is 0 Å².